The monoisotopic (exact) mass is 387 g/mol. The molecule has 0 aliphatic rings. The summed E-state index contributed by atoms with van der Waals surface area (Å²) in [5.41, 5.74) is 1.15. The summed E-state index contributed by atoms with van der Waals surface area (Å²) >= 11 is 0. The maximum atomic E-state index is 12.8. The van der Waals surface area contributed by atoms with Crippen LogP contribution in [0.3, 0.4) is 0 Å². The Hall–Kier alpha value is -3.10. The van der Waals surface area contributed by atoms with Crippen molar-refractivity contribution in [2.45, 2.75) is 13.2 Å². The molecule has 0 bridgehead atoms. The second-order valence-electron chi connectivity index (χ2n) is 5.73. The van der Waals surface area contributed by atoms with E-state index in [4.69, 9.17) is 14.2 Å². The molecule has 0 aromatic heterocycles. The normalized spacial score (nSPS) is 10.4. The molecule has 0 fully saturated rings. The summed E-state index contributed by atoms with van der Waals surface area (Å²) in [5, 5.41) is 5.31. The zero-order chi connectivity index (χ0) is 20.4. The van der Waals surface area contributed by atoms with Crippen molar-refractivity contribution in [3.63, 3.8) is 0 Å². The van der Waals surface area contributed by atoms with Gasteiger partial charge in [-0.2, -0.15) is 0 Å². The Balaban J connectivity index is 2.15. The van der Waals surface area contributed by atoms with Crippen LogP contribution >= 0.6 is 0 Å². The van der Waals surface area contributed by atoms with Crippen molar-refractivity contribution in [1.82, 2.24) is 5.32 Å². The van der Waals surface area contributed by atoms with Gasteiger partial charge in [0.1, 0.15) is 5.75 Å². The Morgan fingerprint density at radius 2 is 1.75 bits per heavy atom. The van der Waals surface area contributed by atoms with Crippen LogP contribution in [-0.2, 0) is 9.47 Å². The van der Waals surface area contributed by atoms with Crippen molar-refractivity contribution in [2.24, 2.45) is 0 Å². The predicted octanol–water partition coefficient (Wildman–Crippen LogP) is 3.45. The van der Waals surface area contributed by atoms with Crippen LogP contribution in [0, 0.1) is 0 Å². The minimum atomic E-state index is -0.613. The molecule has 0 saturated carbocycles. The van der Waals surface area contributed by atoms with Crippen molar-refractivity contribution in [1.29, 1.82) is 0 Å². The molecule has 8 nitrogen and oxygen atoms in total. The number of methoxy groups -OCH3 is 2. The van der Waals surface area contributed by atoms with Crippen LogP contribution < -0.4 is 20.3 Å². The van der Waals surface area contributed by atoms with Gasteiger partial charge in [-0.05, 0) is 31.2 Å². The van der Waals surface area contributed by atoms with Crippen LogP contribution in [0.25, 0.3) is 0 Å². The van der Waals surface area contributed by atoms with E-state index < -0.39 is 12.4 Å². The zero-order valence-electron chi connectivity index (χ0n) is 16.2. The quantitative estimate of drug-likeness (QED) is 0.677. The molecule has 0 radical (unpaired) electrons. The van der Waals surface area contributed by atoms with Crippen LogP contribution in [0.5, 0.6) is 5.75 Å². The van der Waals surface area contributed by atoms with Gasteiger partial charge >= 0.3 is 12.1 Å². The molecule has 0 atom stereocenters. The van der Waals surface area contributed by atoms with Crippen molar-refractivity contribution in [3.05, 3.63) is 54.6 Å². The molecule has 0 unspecified atom stereocenters. The summed E-state index contributed by atoms with van der Waals surface area (Å²) in [7, 11) is 3.00. The molecule has 2 N–H and O–H groups in total. The summed E-state index contributed by atoms with van der Waals surface area (Å²) in [5.74, 6) is 0.298. The van der Waals surface area contributed by atoms with Gasteiger partial charge in [0.15, 0.2) is 6.29 Å². The Labute approximate surface area is 164 Å². The standard InChI is InChI=1S/C20H25N3O5/c1-4-21-19(24)22-15-9-8-12-17(13-15)28-20(25)23(14-18(26-2)27-3)16-10-6-5-7-11-16/h5-13,18H,4,14H2,1-3H3,(H2,21,22,24). The number of nitrogens with one attached hydrogen (secondary N) is 2. The lowest BCUT2D eigenvalue weighted by molar-refractivity contribution is -0.0943. The topological polar surface area (TPSA) is 89.1 Å². The molecule has 0 heterocycles. The molecule has 8 heteroatoms. The van der Waals surface area contributed by atoms with Crippen molar-refractivity contribution in [3.8, 4) is 5.75 Å². The van der Waals surface area contributed by atoms with E-state index in [0.717, 1.165) is 0 Å². The highest BCUT2D eigenvalue weighted by Gasteiger charge is 2.22. The maximum absolute atomic E-state index is 12.8. The first-order valence-electron chi connectivity index (χ1n) is 8.82. The lowest BCUT2D eigenvalue weighted by Crippen LogP contribution is -2.40. The molecular formula is C20H25N3O5. The number of amides is 3. The smallest absolute Gasteiger partial charge is 0.410 e. The second kappa shape index (κ2) is 10.9. The van der Waals surface area contributed by atoms with Gasteiger partial charge in [0.05, 0.1) is 6.54 Å². The highest BCUT2D eigenvalue weighted by atomic mass is 16.7. The third-order valence-electron chi connectivity index (χ3n) is 3.78. The van der Waals surface area contributed by atoms with Crippen molar-refractivity contribution in [2.75, 3.05) is 37.5 Å². The van der Waals surface area contributed by atoms with Crippen LogP contribution in [0.15, 0.2) is 54.6 Å². The van der Waals surface area contributed by atoms with Gasteiger partial charge in [-0.1, -0.05) is 24.3 Å². The molecule has 2 rings (SSSR count). The first kappa shape index (κ1) is 21.2. The Bertz CT molecular complexity index is 765. The lowest BCUT2D eigenvalue weighted by atomic mass is 10.3. The fourth-order valence-electron chi connectivity index (χ4n) is 2.42. The number of carbonyl (C=O) groups excluding carboxylic acids is 2. The summed E-state index contributed by atoms with van der Waals surface area (Å²) in [6.07, 6.45) is -1.21. The number of nitrogens with zero attached hydrogens (tertiary/aromatic N) is 1. The largest absolute Gasteiger partial charge is 0.419 e. The third-order valence-corrected chi connectivity index (χ3v) is 3.78. The van der Waals surface area contributed by atoms with E-state index in [1.165, 1.54) is 19.1 Å². The van der Waals surface area contributed by atoms with Crippen LogP contribution in [-0.4, -0.2) is 45.7 Å². The Morgan fingerprint density at radius 3 is 2.39 bits per heavy atom. The fraction of sp³-hybridized carbons (Fsp3) is 0.300. The molecule has 0 aliphatic carbocycles. The number of benzene rings is 2. The van der Waals surface area contributed by atoms with Gasteiger partial charge in [0, 0.05) is 38.2 Å². The van der Waals surface area contributed by atoms with E-state index in [9.17, 15) is 9.59 Å². The number of urea groups is 1. The molecule has 28 heavy (non-hydrogen) atoms. The second-order valence-corrected chi connectivity index (χ2v) is 5.73. The molecule has 150 valence electrons. The number of carbonyl (C=O) groups is 2. The zero-order valence-corrected chi connectivity index (χ0v) is 16.2. The minimum Gasteiger partial charge on any atom is -0.410 e. The molecule has 2 aromatic carbocycles. The molecule has 0 aliphatic heterocycles. The first-order valence-corrected chi connectivity index (χ1v) is 8.82. The van der Waals surface area contributed by atoms with E-state index in [-0.39, 0.29) is 12.6 Å². The van der Waals surface area contributed by atoms with E-state index >= 15 is 0 Å². The lowest BCUT2D eigenvalue weighted by Gasteiger charge is -2.25. The molecule has 2 aromatic rings. The van der Waals surface area contributed by atoms with E-state index in [0.29, 0.717) is 23.7 Å². The fourth-order valence-corrected chi connectivity index (χ4v) is 2.42. The van der Waals surface area contributed by atoms with Crippen LogP contribution in [0.2, 0.25) is 0 Å². The van der Waals surface area contributed by atoms with Crippen molar-refractivity contribution < 1.29 is 23.8 Å². The number of hydrogen-bond donors (Lipinski definition) is 2. The Morgan fingerprint density at radius 1 is 1.04 bits per heavy atom. The maximum Gasteiger partial charge on any atom is 0.419 e. The van der Waals surface area contributed by atoms with Crippen LogP contribution in [0.4, 0.5) is 21.0 Å². The highest BCUT2D eigenvalue weighted by molar-refractivity contribution is 5.91. The number of rotatable bonds is 8. The summed E-state index contributed by atoms with van der Waals surface area (Å²) in [6, 6.07) is 15.3. The minimum absolute atomic E-state index is 0.146. The van der Waals surface area contributed by atoms with Gasteiger partial charge in [0.25, 0.3) is 0 Å². The van der Waals surface area contributed by atoms with Gasteiger partial charge in [-0.3, -0.25) is 4.90 Å². The molecule has 0 saturated heterocycles. The van der Waals surface area contributed by atoms with E-state index in [1.54, 1.807) is 36.4 Å². The summed E-state index contributed by atoms with van der Waals surface area (Å²) < 4.78 is 15.9. The van der Waals surface area contributed by atoms with E-state index in [2.05, 4.69) is 10.6 Å². The number of ether oxygens (including phenoxy) is 3. The predicted molar refractivity (Wildman–Crippen MR) is 107 cm³/mol. The highest BCUT2D eigenvalue weighted by Crippen LogP contribution is 2.21. The van der Waals surface area contributed by atoms with Gasteiger partial charge in [-0.25, -0.2) is 9.59 Å². The van der Waals surface area contributed by atoms with Crippen molar-refractivity contribution >= 4 is 23.5 Å². The van der Waals surface area contributed by atoms with Gasteiger partial charge in [-0.15, -0.1) is 0 Å². The average Bonchev–Trinajstić information content (AvgIpc) is 2.70. The SMILES string of the molecule is CCNC(=O)Nc1cccc(OC(=O)N(CC(OC)OC)c2ccccc2)c1. The van der Waals surface area contributed by atoms with Gasteiger partial charge in [0.2, 0.25) is 0 Å². The summed E-state index contributed by atoms with van der Waals surface area (Å²) in [4.78, 5) is 25.9. The van der Waals surface area contributed by atoms with E-state index in [1.807, 2.05) is 25.1 Å². The number of anilines is 2. The number of para-hydroxylation sites is 1. The number of hydrogen-bond acceptors (Lipinski definition) is 5. The third kappa shape index (κ3) is 6.26. The van der Waals surface area contributed by atoms with Gasteiger partial charge < -0.3 is 24.8 Å². The van der Waals surface area contributed by atoms with Crippen LogP contribution in [0.1, 0.15) is 6.92 Å². The first-order chi connectivity index (χ1) is 13.6. The molecular weight excluding hydrogens is 362 g/mol. The molecule has 3 amide bonds. The average molecular weight is 387 g/mol. The summed E-state index contributed by atoms with van der Waals surface area (Å²) in [6.45, 7) is 2.47. The Kier molecular flexibility index (Phi) is 8.26. The molecule has 0 spiro atoms.